The predicted molar refractivity (Wildman–Crippen MR) is 245 cm³/mol. The predicted octanol–water partition coefficient (Wildman–Crippen LogP) is 15.2. The van der Waals surface area contributed by atoms with Gasteiger partial charge in [0.25, 0.3) is 0 Å². The molecule has 0 bridgehead atoms. The van der Waals surface area contributed by atoms with Crippen LogP contribution in [0.5, 0.6) is 0 Å². The van der Waals surface area contributed by atoms with Crippen molar-refractivity contribution >= 4 is 31.6 Å². The number of hydrogen-bond acceptors (Lipinski definition) is 3. The summed E-state index contributed by atoms with van der Waals surface area (Å²) in [6.07, 6.45) is 0. The number of hydrogen-bond donors (Lipinski definition) is 0. The van der Waals surface area contributed by atoms with Gasteiger partial charge in [0.2, 0.25) is 0 Å². The molecule has 0 atom stereocenters. The molecule has 0 unspecified atom stereocenters. The van der Waals surface area contributed by atoms with Crippen molar-refractivity contribution in [2.24, 2.45) is 0 Å². The van der Waals surface area contributed by atoms with E-state index in [2.05, 4.69) is 208 Å². The normalized spacial score (nSPS) is 12.8. The Balaban J connectivity index is 1.11. The molecule has 274 valence electrons. The monoisotopic (exact) mass is 758 g/mol. The summed E-state index contributed by atoms with van der Waals surface area (Å²) in [5.74, 6) is 0.727. The van der Waals surface area contributed by atoms with E-state index in [0.29, 0.717) is 0 Å². The van der Waals surface area contributed by atoms with Gasteiger partial charge in [0.15, 0.2) is 5.82 Å². The van der Waals surface area contributed by atoms with E-state index in [9.17, 15) is 0 Å². The molecule has 0 radical (unpaired) electrons. The fraction of sp³-hybridized carbons (Fsp3) is 0.0545. The maximum Gasteiger partial charge on any atom is 0.160 e. The maximum atomic E-state index is 5.27. The lowest BCUT2D eigenvalue weighted by Crippen LogP contribution is -2.14. The third kappa shape index (κ3) is 5.62. The van der Waals surface area contributed by atoms with Crippen molar-refractivity contribution in [3.8, 4) is 78.3 Å². The molecule has 0 saturated heterocycles. The van der Waals surface area contributed by atoms with Crippen LogP contribution in [0, 0.1) is 0 Å². The molecule has 10 aromatic rings. The van der Waals surface area contributed by atoms with Gasteiger partial charge in [0, 0.05) is 26.6 Å². The molecule has 2 nitrogen and oxygen atoms in total. The van der Waals surface area contributed by atoms with Crippen LogP contribution < -0.4 is 0 Å². The Morgan fingerprint density at radius 1 is 0.397 bits per heavy atom. The van der Waals surface area contributed by atoms with Crippen LogP contribution in [-0.2, 0) is 5.41 Å². The molecule has 0 N–H and O–H groups in total. The van der Waals surface area contributed by atoms with Crippen LogP contribution >= 0.6 is 11.3 Å². The molecule has 11 rings (SSSR count). The van der Waals surface area contributed by atoms with Gasteiger partial charge in [0.05, 0.1) is 15.9 Å². The molecule has 0 amide bonds. The minimum atomic E-state index is -0.0574. The molecule has 2 heterocycles. The quantitative estimate of drug-likeness (QED) is 0.169. The number of nitrogens with zero attached hydrogens (tertiary/aromatic N) is 2. The van der Waals surface area contributed by atoms with Crippen LogP contribution in [0.1, 0.15) is 25.0 Å². The summed E-state index contributed by atoms with van der Waals surface area (Å²) in [5, 5.41) is 1.16. The number of fused-ring (bicyclic) bond motifs is 6. The van der Waals surface area contributed by atoms with Gasteiger partial charge >= 0.3 is 0 Å². The Labute approximate surface area is 342 Å². The van der Waals surface area contributed by atoms with E-state index in [1.807, 2.05) is 0 Å². The van der Waals surface area contributed by atoms with Crippen molar-refractivity contribution in [2.45, 2.75) is 19.3 Å². The first-order valence-electron chi connectivity index (χ1n) is 19.9. The molecule has 0 aliphatic heterocycles. The van der Waals surface area contributed by atoms with Gasteiger partial charge in [-0.3, -0.25) is 0 Å². The fourth-order valence-corrected chi connectivity index (χ4v) is 10.2. The highest BCUT2D eigenvalue weighted by molar-refractivity contribution is 7.26. The van der Waals surface area contributed by atoms with Crippen LogP contribution in [0.3, 0.4) is 0 Å². The molecule has 0 spiro atoms. The fourth-order valence-electron chi connectivity index (χ4n) is 9.01. The van der Waals surface area contributed by atoms with Crippen LogP contribution in [0.15, 0.2) is 194 Å². The van der Waals surface area contributed by atoms with E-state index in [1.165, 1.54) is 65.9 Å². The minimum Gasteiger partial charge on any atom is -0.226 e. The van der Waals surface area contributed by atoms with Gasteiger partial charge in [-0.2, -0.15) is 0 Å². The SMILES string of the molecule is CC1(C)c2ccccc2-c2cc(-c3cc(-c4ccccc4)cc(-c4ccc(-c5nc(-c6ccccc6)c6sc7ccccc7c6n5)cc4)c3-c3ccccc3)ccc21. The lowest BCUT2D eigenvalue weighted by atomic mass is 9.81. The lowest BCUT2D eigenvalue weighted by Gasteiger charge is -2.22. The Hall–Kier alpha value is -6.94. The molecule has 2 aromatic heterocycles. The van der Waals surface area contributed by atoms with Crippen molar-refractivity contribution in [3.05, 3.63) is 205 Å². The largest absolute Gasteiger partial charge is 0.226 e. The van der Waals surface area contributed by atoms with Gasteiger partial charge in [-0.15, -0.1) is 11.3 Å². The number of rotatable bonds is 6. The van der Waals surface area contributed by atoms with Gasteiger partial charge in [-0.05, 0) is 91.0 Å². The maximum absolute atomic E-state index is 5.27. The average molecular weight is 759 g/mol. The first-order chi connectivity index (χ1) is 28.5. The first kappa shape index (κ1) is 34.3. The smallest absolute Gasteiger partial charge is 0.160 e. The van der Waals surface area contributed by atoms with Crippen LogP contribution in [0.2, 0.25) is 0 Å². The molecule has 1 aliphatic carbocycles. The number of thiophene rings is 1. The van der Waals surface area contributed by atoms with Gasteiger partial charge in [-0.25, -0.2) is 9.97 Å². The molecule has 0 fully saturated rings. The zero-order valence-corrected chi connectivity index (χ0v) is 33.1. The van der Waals surface area contributed by atoms with Gasteiger partial charge < -0.3 is 0 Å². The van der Waals surface area contributed by atoms with Crippen molar-refractivity contribution < 1.29 is 0 Å². The highest BCUT2D eigenvalue weighted by Gasteiger charge is 2.35. The van der Waals surface area contributed by atoms with E-state index in [1.54, 1.807) is 11.3 Å². The average Bonchev–Trinajstić information content (AvgIpc) is 3.78. The molecule has 0 saturated carbocycles. The van der Waals surface area contributed by atoms with Gasteiger partial charge in [-0.1, -0.05) is 184 Å². The number of aromatic nitrogens is 2. The molecule has 3 heteroatoms. The third-order valence-electron chi connectivity index (χ3n) is 11.9. The summed E-state index contributed by atoms with van der Waals surface area (Å²) in [5.41, 5.74) is 18.9. The van der Waals surface area contributed by atoms with Crippen LogP contribution in [0.25, 0.3) is 98.6 Å². The van der Waals surface area contributed by atoms with E-state index >= 15 is 0 Å². The minimum absolute atomic E-state index is 0.0574. The van der Waals surface area contributed by atoms with E-state index in [0.717, 1.165) is 43.8 Å². The standard InChI is InChI=1S/C55H38N2S/c1-55(2)47-24-14-12-22-42(47)46-32-40(30-31-48(46)55)45-34-41(35-16-6-3-7-17-35)33-44(50(45)37-18-8-4-9-19-37)36-26-28-39(29-27-36)54-56-51(38-20-10-5-11-21-38)53-52(57-54)43-23-13-15-25-49(43)58-53/h3-34H,1-2H3. The summed E-state index contributed by atoms with van der Waals surface area (Å²) in [6.45, 7) is 4.69. The topological polar surface area (TPSA) is 25.8 Å². The molecule has 1 aliphatic rings. The summed E-state index contributed by atoms with van der Waals surface area (Å²) in [4.78, 5) is 10.5. The lowest BCUT2D eigenvalue weighted by molar-refractivity contribution is 0.660. The number of benzene rings is 8. The van der Waals surface area contributed by atoms with E-state index in [-0.39, 0.29) is 5.41 Å². The second-order valence-electron chi connectivity index (χ2n) is 15.7. The third-order valence-corrected chi connectivity index (χ3v) is 13.1. The highest BCUT2D eigenvalue weighted by Crippen LogP contribution is 2.51. The molecule has 58 heavy (non-hydrogen) atoms. The van der Waals surface area contributed by atoms with Crippen LogP contribution in [-0.4, -0.2) is 9.97 Å². The van der Waals surface area contributed by atoms with Crippen molar-refractivity contribution in [1.82, 2.24) is 9.97 Å². The van der Waals surface area contributed by atoms with Gasteiger partial charge in [0.1, 0.15) is 0 Å². The van der Waals surface area contributed by atoms with Crippen molar-refractivity contribution in [3.63, 3.8) is 0 Å². The molecular weight excluding hydrogens is 721 g/mol. The summed E-state index contributed by atoms with van der Waals surface area (Å²) < 4.78 is 2.33. The van der Waals surface area contributed by atoms with E-state index < -0.39 is 0 Å². The second-order valence-corrected chi connectivity index (χ2v) is 16.8. The Morgan fingerprint density at radius 2 is 0.948 bits per heavy atom. The first-order valence-corrected chi connectivity index (χ1v) is 20.7. The summed E-state index contributed by atoms with van der Waals surface area (Å²) in [7, 11) is 0. The summed E-state index contributed by atoms with van der Waals surface area (Å²) >= 11 is 1.76. The van der Waals surface area contributed by atoms with Crippen molar-refractivity contribution in [1.29, 1.82) is 0 Å². The summed E-state index contributed by atoms with van der Waals surface area (Å²) in [6, 6.07) is 70.3. The Kier molecular flexibility index (Phi) is 8.06. The van der Waals surface area contributed by atoms with Crippen LogP contribution in [0.4, 0.5) is 0 Å². The van der Waals surface area contributed by atoms with E-state index in [4.69, 9.17) is 9.97 Å². The van der Waals surface area contributed by atoms with Crippen molar-refractivity contribution in [2.75, 3.05) is 0 Å². The molecular formula is C55H38N2S. The Morgan fingerprint density at radius 3 is 1.69 bits per heavy atom. The Bertz CT molecular complexity index is 3160. The highest BCUT2D eigenvalue weighted by atomic mass is 32.1. The molecule has 8 aromatic carbocycles. The second kappa shape index (κ2) is 13.6. The zero-order chi connectivity index (χ0) is 38.8. The zero-order valence-electron chi connectivity index (χ0n) is 32.3.